The lowest BCUT2D eigenvalue weighted by atomic mass is 9.74. The summed E-state index contributed by atoms with van der Waals surface area (Å²) >= 11 is 3.62. The van der Waals surface area contributed by atoms with Crippen molar-refractivity contribution in [2.45, 2.75) is 38.0 Å². The Morgan fingerprint density at radius 2 is 1.94 bits per heavy atom. The molecule has 2 unspecified atom stereocenters. The van der Waals surface area contributed by atoms with Gasteiger partial charge in [0.05, 0.1) is 0 Å². The first kappa shape index (κ1) is 12.7. The fourth-order valence-corrected chi connectivity index (χ4v) is 4.33. The van der Waals surface area contributed by atoms with Crippen LogP contribution in [0.3, 0.4) is 0 Å². The van der Waals surface area contributed by atoms with Gasteiger partial charge in [0.2, 0.25) is 0 Å². The second-order valence-corrected chi connectivity index (χ2v) is 6.78. The zero-order valence-electron chi connectivity index (χ0n) is 10.9. The summed E-state index contributed by atoms with van der Waals surface area (Å²) in [6.45, 7) is 2.41. The first-order valence-corrected chi connectivity index (χ1v) is 8.10. The van der Waals surface area contributed by atoms with Crippen LogP contribution in [0, 0.1) is 11.8 Å². The van der Waals surface area contributed by atoms with Crippen LogP contribution in [0.2, 0.25) is 0 Å². The van der Waals surface area contributed by atoms with Gasteiger partial charge in [0.1, 0.15) is 0 Å². The Kier molecular flexibility index (Phi) is 4.05. The molecule has 1 nitrogen and oxygen atoms in total. The monoisotopic (exact) mass is 307 g/mol. The van der Waals surface area contributed by atoms with Gasteiger partial charge >= 0.3 is 0 Å². The van der Waals surface area contributed by atoms with Gasteiger partial charge in [-0.25, -0.2) is 0 Å². The molecular weight excluding hydrogens is 286 g/mol. The van der Waals surface area contributed by atoms with Crippen molar-refractivity contribution >= 4 is 15.9 Å². The van der Waals surface area contributed by atoms with E-state index in [0.29, 0.717) is 0 Å². The van der Waals surface area contributed by atoms with Crippen LogP contribution in [-0.2, 0) is 0 Å². The van der Waals surface area contributed by atoms with Crippen molar-refractivity contribution in [2.24, 2.45) is 11.8 Å². The highest BCUT2D eigenvalue weighted by molar-refractivity contribution is 9.10. The predicted molar refractivity (Wildman–Crippen MR) is 79.8 cm³/mol. The highest BCUT2D eigenvalue weighted by Crippen LogP contribution is 2.42. The summed E-state index contributed by atoms with van der Waals surface area (Å²) in [4.78, 5) is 0. The fraction of sp³-hybridized carbons (Fsp3) is 0.625. The molecule has 1 aliphatic carbocycles. The van der Waals surface area contributed by atoms with Gasteiger partial charge in [0, 0.05) is 4.47 Å². The Morgan fingerprint density at radius 3 is 2.72 bits per heavy atom. The van der Waals surface area contributed by atoms with Crippen molar-refractivity contribution in [2.75, 3.05) is 13.1 Å². The van der Waals surface area contributed by atoms with Crippen molar-refractivity contribution < 1.29 is 0 Å². The molecule has 2 fully saturated rings. The van der Waals surface area contributed by atoms with Crippen LogP contribution in [0.15, 0.2) is 28.7 Å². The van der Waals surface area contributed by atoms with Crippen LogP contribution in [0.5, 0.6) is 0 Å². The molecule has 0 spiro atoms. The van der Waals surface area contributed by atoms with Crippen molar-refractivity contribution in [1.82, 2.24) is 5.32 Å². The lowest BCUT2D eigenvalue weighted by Gasteiger charge is -2.36. The fourth-order valence-electron chi connectivity index (χ4n) is 3.91. The Hall–Kier alpha value is -0.340. The molecule has 1 aliphatic heterocycles. The molecule has 0 amide bonds. The van der Waals surface area contributed by atoms with E-state index in [2.05, 4.69) is 45.5 Å². The number of rotatable bonds is 2. The highest BCUT2D eigenvalue weighted by atomic mass is 79.9. The van der Waals surface area contributed by atoms with E-state index in [0.717, 1.165) is 17.8 Å². The standard InChI is InChI=1S/C16H22BrN/c17-14-7-3-6-13(10-14)15-8-9-18-11-16(15)12-4-1-2-5-12/h3,6-7,10,12,15-16,18H,1-2,4-5,8-9,11H2. The van der Waals surface area contributed by atoms with E-state index in [9.17, 15) is 0 Å². The van der Waals surface area contributed by atoms with Crippen molar-refractivity contribution in [1.29, 1.82) is 0 Å². The molecule has 1 saturated heterocycles. The Morgan fingerprint density at radius 1 is 1.11 bits per heavy atom. The maximum atomic E-state index is 3.62. The van der Waals surface area contributed by atoms with Gasteiger partial charge in [-0.2, -0.15) is 0 Å². The largest absolute Gasteiger partial charge is 0.316 e. The van der Waals surface area contributed by atoms with Crippen LogP contribution >= 0.6 is 15.9 Å². The van der Waals surface area contributed by atoms with Crippen molar-refractivity contribution in [3.05, 3.63) is 34.3 Å². The first-order valence-electron chi connectivity index (χ1n) is 7.31. The molecule has 3 rings (SSSR count). The molecule has 1 N–H and O–H groups in total. The van der Waals surface area contributed by atoms with Gasteiger partial charge in [-0.15, -0.1) is 0 Å². The second kappa shape index (κ2) is 5.75. The smallest absolute Gasteiger partial charge is 0.0178 e. The van der Waals surface area contributed by atoms with Crippen LogP contribution < -0.4 is 5.32 Å². The third-order valence-electron chi connectivity index (χ3n) is 4.81. The van der Waals surface area contributed by atoms with Gasteiger partial charge in [0.25, 0.3) is 0 Å². The number of hydrogen-bond donors (Lipinski definition) is 1. The minimum atomic E-state index is 0.770. The summed E-state index contributed by atoms with van der Waals surface area (Å²) in [7, 11) is 0. The summed E-state index contributed by atoms with van der Waals surface area (Å²) in [6.07, 6.45) is 7.12. The van der Waals surface area contributed by atoms with Crippen LogP contribution in [-0.4, -0.2) is 13.1 Å². The van der Waals surface area contributed by atoms with Crippen molar-refractivity contribution in [3.63, 3.8) is 0 Å². The molecule has 0 radical (unpaired) electrons. The molecule has 0 bridgehead atoms. The predicted octanol–water partition coefficient (Wildman–Crippen LogP) is 4.33. The summed E-state index contributed by atoms with van der Waals surface area (Å²) in [5.74, 6) is 2.59. The summed E-state index contributed by atoms with van der Waals surface area (Å²) in [6, 6.07) is 8.98. The maximum absolute atomic E-state index is 3.62. The van der Waals surface area contributed by atoms with Crippen LogP contribution in [0.25, 0.3) is 0 Å². The molecule has 1 heterocycles. The van der Waals surface area contributed by atoms with E-state index in [1.54, 1.807) is 5.56 Å². The molecule has 0 aromatic heterocycles. The number of nitrogens with one attached hydrogen (secondary N) is 1. The average Bonchev–Trinajstić information content (AvgIpc) is 2.92. The van der Waals surface area contributed by atoms with Gasteiger partial charge in [0.15, 0.2) is 0 Å². The quantitative estimate of drug-likeness (QED) is 0.857. The molecule has 18 heavy (non-hydrogen) atoms. The van der Waals surface area contributed by atoms with E-state index < -0.39 is 0 Å². The number of hydrogen-bond acceptors (Lipinski definition) is 1. The molecule has 1 saturated carbocycles. The maximum Gasteiger partial charge on any atom is 0.0178 e. The third kappa shape index (κ3) is 2.65. The van der Waals surface area contributed by atoms with E-state index in [4.69, 9.17) is 0 Å². The topological polar surface area (TPSA) is 12.0 Å². The Bertz CT molecular complexity index is 398. The zero-order chi connectivity index (χ0) is 12.4. The average molecular weight is 308 g/mol. The van der Waals surface area contributed by atoms with Gasteiger partial charge < -0.3 is 5.32 Å². The molecule has 2 heteroatoms. The molecule has 1 aromatic rings. The normalized spacial score (nSPS) is 29.6. The first-order chi connectivity index (χ1) is 8.84. The van der Waals surface area contributed by atoms with E-state index in [1.165, 1.54) is 49.7 Å². The SMILES string of the molecule is Brc1cccc(C2CCNCC2C2CCCC2)c1. The van der Waals surface area contributed by atoms with Crippen molar-refractivity contribution in [3.8, 4) is 0 Å². The summed E-state index contributed by atoms with van der Waals surface area (Å²) in [5, 5.41) is 3.61. The molecule has 2 aliphatic rings. The molecule has 1 aromatic carbocycles. The molecule has 98 valence electrons. The molecule has 2 atom stereocenters. The minimum Gasteiger partial charge on any atom is -0.316 e. The Balaban J connectivity index is 1.82. The number of halogens is 1. The third-order valence-corrected chi connectivity index (χ3v) is 5.30. The lowest BCUT2D eigenvalue weighted by Crippen LogP contribution is -2.38. The van der Waals surface area contributed by atoms with E-state index in [1.807, 2.05) is 0 Å². The molecular formula is C16H22BrN. The highest BCUT2D eigenvalue weighted by Gasteiger charge is 2.33. The second-order valence-electron chi connectivity index (χ2n) is 5.86. The lowest BCUT2D eigenvalue weighted by molar-refractivity contribution is 0.231. The zero-order valence-corrected chi connectivity index (χ0v) is 12.5. The van der Waals surface area contributed by atoms with Gasteiger partial charge in [-0.3, -0.25) is 0 Å². The van der Waals surface area contributed by atoms with Gasteiger partial charge in [-0.1, -0.05) is 53.7 Å². The number of piperidine rings is 1. The van der Waals surface area contributed by atoms with Crippen LogP contribution in [0.4, 0.5) is 0 Å². The summed E-state index contributed by atoms with van der Waals surface area (Å²) in [5.41, 5.74) is 1.54. The number of benzene rings is 1. The van der Waals surface area contributed by atoms with E-state index in [-0.39, 0.29) is 0 Å². The summed E-state index contributed by atoms with van der Waals surface area (Å²) < 4.78 is 1.23. The van der Waals surface area contributed by atoms with Gasteiger partial charge in [-0.05, 0) is 55.0 Å². The Labute approximate surface area is 118 Å². The minimum absolute atomic E-state index is 0.770. The van der Waals surface area contributed by atoms with Crippen LogP contribution in [0.1, 0.15) is 43.6 Å². The van der Waals surface area contributed by atoms with E-state index >= 15 is 0 Å².